The number of phosphoric ester groups is 1. The summed E-state index contributed by atoms with van der Waals surface area (Å²) < 4.78 is 32.4. The van der Waals surface area contributed by atoms with Crippen LogP contribution in [0.3, 0.4) is 0 Å². The molecule has 0 amide bonds. The van der Waals surface area contributed by atoms with E-state index in [0.29, 0.717) is 12.8 Å². The average Bonchev–Trinajstić information content (AvgIpc) is 3.10. The highest BCUT2D eigenvalue weighted by atomic mass is 31.2. The Morgan fingerprint density at radius 2 is 1.08 bits per heavy atom. The molecule has 0 aromatic heterocycles. The molecule has 0 aliphatic rings. The molecule has 0 spiro atoms. The number of unbranched alkanes of at least 4 members (excludes halogenated alkanes) is 10. The van der Waals surface area contributed by atoms with E-state index in [2.05, 4.69) is 67.0 Å². The molecular weight excluding hydrogens is 659 g/mol. The predicted octanol–water partition coefficient (Wildman–Crippen LogP) is 9.16. The van der Waals surface area contributed by atoms with Gasteiger partial charge in [-0.3, -0.25) is 18.6 Å². The molecule has 288 valence electrons. The summed E-state index contributed by atoms with van der Waals surface area (Å²) in [5.41, 5.74) is 0. The van der Waals surface area contributed by atoms with E-state index in [9.17, 15) is 24.2 Å². The zero-order valence-corrected chi connectivity index (χ0v) is 31.7. The number of rotatable bonds is 34. The number of allylic oxidation sites excluding steroid dienone is 10. The Kier molecular flexibility index (Phi) is 33.5. The third kappa shape index (κ3) is 34.1. The quantitative estimate of drug-likeness (QED) is 0.0254. The van der Waals surface area contributed by atoms with E-state index in [1.807, 2.05) is 12.2 Å². The highest BCUT2D eigenvalue weighted by molar-refractivity contribution is 7.47. The van der Waals surface area contributed by atoms with Crippen molar-refractivity contribution >= 4 is 19.8 Å². The molecule has 0 aliphatic carbocycles. The molecule has 3 atom stereocenters. The average molecular weight is 727 g/mol. The molecule has 0 radical (unpaired) electrons. The van der Waals surface area contributed by atoms with Gasteiger partial charge in [0.1, 0.15) is 12.7 Å². The van der Waals surface area contributed by atoms with Crippen molar-refractivity contribution in [2.45, 2.75) is 148 Å². The van der Waals surface area contributed by atoms with Gasteiger partial charge < -0.3 is 24.6 Å². The molecule has 0 bridgehead atoms. The van der Waals surface area contributed by atoms with Crippen LogP contribution in [0.15, 0.2) is 60.8 Å². The number of hydrogen-bond acceptors (Lipinski definition) is 9. The Balaban J connectivity index is 4.44. The summed E-state index contributed by atoms with van der Waals surface area (Å²) in [5, 5.41) is 18.2. The largest absolute Gasteiger partial charge is 0.472 e. The molecule has 0 aliphatic heterocycles. The molecule has 0 saturated heterocycles. The monoisotopic (exact) mass is 726 g/mol. The van der Waals surface area contributed by atoms with Crippen LogP contribution in [0.4, 0.5) is 0 Å². The number of aliphatic hydroxyl groups excluding tert-OH is 2. The maximum Gasteiger partial charge on any atom is 0.472 e. The van der Waals surface area contributed by atoms with E-state index in [1.54, 1.807) is 0 Å². The Morgan fingerprint density at radius 3 is 1.64 bits per heavy atom. The zero-order valence-electron chi connectivity index (χ0n) is 30.8. The summed E-state index contributed by atoms with van der Waals surface area (Å²) in [6.45, 7) is 2.19. The predicted molar refractivity (Wildman–Crippen MR) is 200 cm³/mol. The molecule has 0 aromatic rings. The summed E-state index contributed by atoms with van der Waals surface area (Å²) in [5.74, 6) is -1.03. The fraction of sp³-hybridized carbons (Fsp3) is 0.692. The van der Waals surface area contributed by atoms with Crippen LogP contribution < -0.4 is 0 Å². The van der Waals surface area contributed by atoms with Crippen molar-refractivity contribution in [2.75, 3.05) is 26.4 Å². The van der Waals surface area contributed by atoms with Crippen molar-refractivity contribution in [3.8, 4) is 0 Å². The Labute approximate surface area is 302 Å². The first kappa shape index (κ1) is 47.7. The van der Waals surface area contributed by atoms with Gasteiger partial charge in [0.15, 0.2) is 6.10 Å². The van der Waals surface area contributed by atoms with E-state index >= 15 is 0 Å². The van der Waals surface area contributed by atoms with Gasteiger partial charge >= 0.3 is 19.8 Å². The molecule has 10 nitrogen and oxygen atoms in total. The van der Waals surface area contributed by atoms with Gasteiger partial charge in [0.05, 0.1) is 19.8 Å². The summed E-state index contributed by atoms with van der Waals surface area (Å²) >= 11 is 0. The lowest BCUT2D eigenvalue weighted by atomic mass is 10.1. The molecule has 0 rings (SSSR count). The van der Waals surface area contributed by atoms with Gasteiger partial charge in [0, 0.05) is 12.8 Å². The normalized spacial score (nSPS) is 14.7. The van der Waals surface area contributed by atoms with Crippen LogP contribution in [0.2, 0.25) is 0 Å². The van der Waals surface area contributed by atoms with Crippen LogP contribution in [0.25, 0.3) is 0 Å². The third-order valence-corrected chi connectivity index (χ3v) is 8.39. The van der Waals surface area contributed by atoms with Gasteiger partial charge in [-0.15, -0.1) is 0 Å². The van der Waals surface area contributed by atoms with E-state index in [4.69, 9.17) is 19.1 Å². The lowest BCUT2D eigenvalue weighted by Crippen LogP contribution is -2.29. The fourth-order valence-electron chi connectivity index (χ4n) is 4.50. The minimum atomic E-state index is -4.62. The van der Waals surface area contributed by atoms with E-state index in [1.165, 1.54) is 51.4 Å². The van der Waals surface area contributed by atoms with Gasteiger partial charge in [-0.1, -0.05) is 132 Å². The lowest BCUT2D eigenvalue weighted by Gasteiger charge is -2.20. The maximum atomic E-state index is 12.4. The summed E-state index contributed by atoms with van der Waals surface area (Å²) in [6, 6.07) is 0. The number of esters is 2. The Bertz CT molecular complexity index is 1020. The maximum absolute atomic E-state index is 12.4. The van der Waals surface area contributed by atoms with Gasteiger partial charge in [-0.25, -0.2) is 4.57 Å². The number of aliphatic hydroxyl groups is 2. The molecular formula is C39H67O10P. The number of hydrogen-bond donors (Lipinski definition) is 3. The number of carbonyl (C=O) groups is 2. The van der Waals surface area contributed by atoms with E-state index in [0.717, 1.165) is 44.9 Å². The van der Waals surface area contributed by atoms with E-state index in [-0.39, 0.29) is 19.4 Å². The number of phosphoric acid groups is 1. The highest BCUT2D eigenvalue weighted by Gasteiger charge is 2.27. The summed E-state index contributed by atoms with van der Waals surface area (Å²) in [4.78, 5) is 34.6. The summed E-state index contributed by atoms with van der Waals surface area (Å²) in [6.07, 6.45) is 36.5. The van der Waals surface area contributed by atoms with Crippen molar-refractivity contribution in [1.29, 1.82) is 0 Å². The van der Waals surface area contributed by atoms with Crippen molar-refractivity contribution < 1.29 is 47.8 Å². The molecule has 1 unspecified atom stereocenters. The SMILES string of the molecule is CCCCC/C=C/C/C=C/C/C=C/C/C=C/C/C=C/CCC(=O)OC[C@@H](COP(=O)(O)OC[C@H](O)CO)OC(=O)CCCCCCCCCC. The third-order valence-electron chi connectivity index (χ3n) is 7.44. The number of carbonyl (C=O) groups excluding carboxylic acids is 2. The molecule has 0 saturated carbocycles. The standard InChI is InChI=1S/C39H67O10P/c1-3-5-7-9-11-13-14-15-16-17-18-19-20-21-22-23-25-26-28-30-38(42)46-34-37(35-48-50(44,45)47-33-36(41)32-40)49-39(43)31-29-27-24-12-10-8-6-4-2/h11,13,15-16,18-19,21-22,25-26,36-37,40-41H,3-10,12,14,17,20,23-24,27-35H2,1-2H3,(H,44,45)/b13-11+,16-15+,19-18+,22-21+,26-25+/t36-,37+/m1/s1. The van der Waals surface area contributed by atoms with Crippen molar-refractivity contribution in [3.05, 3.63) is 60.8 Å². The minimum absolute atomic E-state index is 0.117. The van der Waals surface area contributed by atoms with Gasteiger partial charge in [-0.2, -0.15) is 0 Å². The molecule has 0 fully saturated rings. The van der Waals surface area contributed by atoms with Crippen molar-refractivity contribution in [1.82, 2.24) is 0 Å². The first-order valence-electron chi connectivity index (χ1n) is 18.7. The van der Waals surface area contributed by atoms with E-state index < -0.39 is 51.8 Å². The summed E-state index contributed by atoms with van der Waals surface area (Å²) in [7, 11) is -4.62. The smallest absolute Gasteiger partial charge is 0.462 e. The zero-order chi connectivity index (χ0) is 37.0. The highest BCUT2D eigenvalue weighted by Crippen LogP contribution is 2.43. The molecule has 50 heavy (non-hydrogen) atoms. The topological polar surface area (TPSA) is 149 Å². The van der Waals surface area contributed by atoms with Gasteiger partial charge in [-0.05, 0) is 51.4 Å². The van der Waals surface area contributed by atoms with Crippen LogP contribution >= 0.6 is 7.82 Å². The van der Waals surface area contributed by atoms with Crippen LogP contribution in [-0.2, 0) is 32.7 Å². The Hall–Kier alpha value is -2.33. The van der Waals surface area contributed by atoms with Gasteiger partial charge in [0.2, 0.25) is 0 Å². The molecule has 11 heteroatoms. The fourth-order valence-corrected chi connectivity index (χ4v) is 5.29. The lowest BCUT2D eigenvalue weighted by molar-refractivity contribution is -0.161. The number of ether oxygens (including phenoxy) is 2. The Morgan fingerprint density at radius 1 is 0.600 bits per heavy atom. The minimum Gasteiger partial charge on any atom is -0.462 e. The van der Waals surface area contributed by atoms with Gasteiger partial charge in [0.25, 0.3) is 0 Å². The first-order valence-corrected chi connectivity index (χ1v) is 20.2. The van der Waals surface area contributed by atoms with Crippen LogP contribution in [0.1, 0.15) is 136 Å². The van der Waals surface area contributed by atoms with Crippen LogP contribution in [0.5, 0.6) is 0 Å². The molecule has 3 N–H and O–H groups in total. The molecule has 0 aromatic carbocycles. The molecule has 0 heterocycles. The second kappa shape index (κ2) is 35.1. The first-order chi connectivity index (χ1) is 24.2. The van der Waals surface area contributed by atoms with Crippen LogP contribution in [0, 0.1) is 0 Å². The van der Waals surface area contributed by atoms with Crippen molar-refractivity contribution in [2.24, 2.45) is 0 Å². The van der Waals surface area contributed by atoms with Crippen LogP contribution in [-0.4, -0.2) is 65.7 Å². The second-order valence-electron chi connectivity index (χ2n) is 12.3. The van der Waals surface area contributed by atoms with Crippen molar-refractivity contribution in [3.63, 3.8) is 0 Å². The second-order valence-corrected chi connectivity index (χ2v) is 13.7.